The minimum absolute atomic E-state index is 0.0143. The van der Waals surface area contributed by atoms with Crippen molar-refractivity contribution in [3.8, 4) is 0 Å². The number of rotatable bonds is 7. The minimum Gasteiger partial charge on any atom is -0.392 e. The number of thioether (sulfide) groups is 1. The van der Waals surface area contributed by atoms with Gasteiger partial charge in [-0.2, -0.15) is 0 Å². The second-order valence-electron chi connectivity index (χ2n) is 6.32. The van der Waals surface area contributed by atoms with E-state index in [0.29, 0.717) is 12.0 Å². The fraction of sp³-hybridized carbons (Fsp3) is 0.474. The maximum atomic E-state index is 12.4. The quantitative estimate of drug-likeness (QED) is 0.443. The van der Waals surface area contributed by atoms with Gasteiger partial charge in [0.05, 0.1) is 5.92 Å². The molecule has 1 aliphatic rings. The first-order chi connectivity index (χ1) is 12.4. The normalized spacial score (nSPS) is 18.8. The molecule has 6 nitrogen and oxygen atoms in total. The van der Waals surface area contributed by atoms with Crippen LogP contribution in [0.1, 0.15) is 43.5 Å². The molecule has 1 aromatic rings. The van der Waals surface area contributed by atoms with Crippen LogP contribution in [0.5, 0.6) is 0 Å². The van der Waals surface area contributed by atoms with Gasteiger partial charge in [-0.3, -0.25) is 14.4 Å². The van der Waals surface area contributed by atoms with Crippen LogP contribution in [-0.4, -0.2) is 40.7 Å². The summed E-state index contributed by atoms with van der Waals surface area (Å²) in [5, 5.41) is 2.19. The molecule has 1 fully saturated rings. The van der Waals surface area contributed by atoms with Crippen molar-refractivity contribution in [1.82, 2.24) is 5.32 Å². The molecule has 1 saturated heterocycles. The fourth-order valence-corrected chi connectivity index (χ4v) is 3.74. The van der Waals surface area contributed by atoms with Crippen molar-refractivity contribution in [2.45, 2.75) is 44.4 Å². The number of benzene rings is 1. The Balaban J connectivity index is 2.01. The van der Waals surface area contributed by atoms with Crippen molar-refractivity contribution in [2.75, 3.05) is 6.54 Å². The number of carbonyl (C=O) groups is 4. The SMILES string of the molecule is CC(=O)SC(CC(=O)c1ccccc1)C(C)C(=O)OC(=O)[C@@H]1CCCN1. The van der Waals surface area contributed by atoms with Crippen LogP contribution >= 0.6 is 11.8 Å². The topological polar surface area (TPSA) is 89.5 Å². The average Bonchev–Trinajstić information content (AvgIpc) is 3.15. The summed E-state index contributed by atoms with van der Waals surface area (Å²) >= 11 is 0.931. The highest BCUT2D eigenvalue weighted by Crippen LogP contribution is 2.27. The maximum absolute atomic E-state index is 12.4. The third-order valence-electron chi connectivity index (χ3n) is 4.28. The zero-order chi connectivity index (χ0) is 19.1. The van der Waals surface area contributed by atoms with Crippen molar-refractivity contribution < 1.29 is 23.9 Å². The molecule has 0 radical (unpaired) electrons. The molecule has 7 heteroatoms. The van der Waals surface area contributed by atoms with E-state index in [1.807, 2.05) is 0 Å². The molecule has 2 unspecified atom stereocenters. The van der Waals surface area contributed by atoms with Crippen LogP contribution in [0, 0.1) is 5.92 Å². The van der Waals surface area contributed by atoms with Gasteiger partial charge in [-0.15, -0.1) is 0 Å². The van der Waals surface area contributed by atoms with E-state index < -0.39 is 29.1 Å². The third kappa shape index (κ3) is 5.78. The Morgan fingerprint density at radius 1 is 1.23 bits per heavy atom. The van der Waals surface area contributed by atoms with Crippen molar-refractivity contribution in [3.63, 3.8) is 0 Å². The maximum Gasteiger partial charge on any atom is 0.330 e. The number of esters is 2. The van der Waals surface area contributed by atoms with Crippen LogP contribution in [0.25, 0.3) is 0 Å². The molecule has 0 saturated carbocycles. The van der Waals surface area contributed by atoms with Gasteiger partial charge in [0.15, 0.2) is 10.9 Å². The molecular formula is C19H23NO5S. The highest BCUT2D eigenvalue weighted by atomic mass is 32.2. The smallest absolute Gasteiger partial charge is 0.330 e. The number of Topliss-reactive ketones (excluding diaryl/α,β-unsaturated/α-hetero) is 1. The fourth-order valence-electron chi connectivity index (χ4n) is 2.76. The van der Waals surface area contributed by atoms with E-state index >= 15 is 0 Å². The number of hydrogen-bond acceptors (Lipinski definition) is 7. The Bertz CT molecular complexity index is 670. The first kappa shape index (κ1) is 20.3. The first-order valence-electron chi connectivity index (χ1n) is 8.63. The number of ether oxygens (including phenoxy) is 1. The van der Waals surface area contributed by atoms with Crippen LogP contribution in [0.4, 0.5) is 0 Å². The summed E-state index contributed by atoms with van der Waals surface area (Å²) in [6.45, 7) is 3.69. The van der Waals surface area contributed by atoms with Crippen LogP contribution in [0.15, 0.2) is 30.3 Å². The van der Waals surface area contributed by atoms with E-state index in [1.165, 1.54) is 6.92 Å². The molecule has 140 valence electrons. The number of nitrogens with one attached hydrogen (secondary N) is 1. The molecule has 0 bridgehead atoms. The number of carbonyl (C=O) groups excluding carboxylic acids is 4. The lowest BCUT2D eigenvalue weighted by atomic mass is 9.99. The molecule has 3 atom stereocenters. The zero-order valence-corrected chi connectivity index (χ0v) is 15.7. The zero-order valence-electron chi connectivity index (χ0n) is 14.9. The summed E-state index contributed by atoms with van der Waals surface area (Å²) < 4.78 is 4.97. The standard InChI is InChI=1S/C19H23NO5S/c1-12(18(23)25-19(24)15-9-6-10-20-15)17(26-13(2)21)11-16(22)14-7-4-3-5-8-14/h3-5,7-8,12,15,17,20H,6,9-11H2,1-2H3/t12?,15-,17?/m0/s1. The summed E-state index contributed by atoms with van der Waals surface area (Å²) in [5.74, 6) is -2.22. The van der Waals surface area contributed by atoms with Gasteiger partial charge >= 0.3 is 11.9 Å². The molecule has 1 N–H and O–H groups in total. The molecule has 26 heavy (non-hydrogen) atoms. The van der Waals surface area contributed by atoms with E-state index in [-0.39, 0.29) is 17.3 Å². The Kier molecular flexibility index (Phi) is 7.53. The van der Waals surface area contributed by atoms with Crippen LogP contribution < -0.4 is 5.32 Å². The number of hydrogen-bond donors (Lipinski definition) is 1. The Morgan fingerprint density at radius 2 is 1.92 bits per heavy atom. The summed E-state index contributed by atoms with van der Waals surface area (Å²) in [6, 6.07) is 8.24. The average molecular weight is 377 g/mol. The summed E-state index contributed by atoms with van der Waals surface area (Å²) in [5.41, 5.74) is 0.522. The van der Waals surface area contributed by atoms with Gasteiger partial charge in [-0.1, -0.05) is 49.0 Å². The molecule has 0 aliphatic carbocycles. The van der Waals surface area contributed by atoms with E-state index in [2.05, 4.69) is 5.32 Å². The van der Waals surface area contributed by atoms with Crippen molar-refractivity contribution in [3.05, 3.63) is 35.9 Å². The van der Waals surface area contributed by atoms with E-state index in [9.17, 15) is 19.2 Å². The predicted molar refractivity (Wildman–Crippen MR) is 98.7 cm³/mol. The molecular weight excluding hydrogens is 354 g/mol. The molecule has 1 heterocycles. The predicted octanol–water partition coefficient (Wildman–Crippen LogP) is 2.37. The molecule has 0 spiro atoms. The lowest BCUT2D eigenvalue weighted by molar-refractivity contribution is -0.163. The van der Waals surface area contributed by atoms with Gasteiger partial charge in [0, 0.05) is 24.2 Å². The van der Waals surface area contributed by atoms with E-state index in [4.69, 9.17) is 4.74 Å². The van der Waals surface area contributed by atoms with Crippen molar-refractivity contribution >= 4 is 34.6 Å². The summed E-state index contributed by atoms with van der Waals surface area (Å²) in [7, 11) is 0. The van der Waals surface area contributed by atoms with Crippen LogP contribution in [0.3, 0.4) is 0 Å². The van der Waals surface area contributed by atoms with Gasteiger partial charge < -0.3 is 10.1 Å². The van der Waals surface area contributed by atoms with Crippen molar-refractivity contribution in [1.29, 1.82) is 0 Å². The Morgan fingerprint density at radius 3 is 2.50 bits per heavy atom. The largest absolute Gasteiger partial charge is 0.392 e. The van der Waals surface area contributed by atoms with Crippen LogP contribution in [0.2, 0.25) is 0 Å². The van der Waals surface area contributed by atoms with Gasteiger partial charge in [0.25, 0.3) is 0 Å². The van der Waals surface area contributed by atoms with Gasteiger partial charge in [-0.05, 0) is 19.4 Å². The Hall–Kier alpha value is -1.99. The molecule has 2 rings (SSSR count). The second-order valence-corrected chi connectivity index (χ2v) is 7.74. The van der Waals surface area contributed by atoms with E-state index in [0.717, 1.165) is 24.7 Å². The monoisotopic (exact) mass is 377 g/mol. The van der Waals surface area contributed by atoms with E-state index in [1.54, 1.807) is 37.3 Å². The highest BCUT2D eigenvalue weighted by molar-refractivity contribution is 8.14. The lowest BCUT2D eigenvalue weighted by Gasteiger charge is -2.21. The van der Waals surface area contributed by atoms with Gasteiger partial charge in [0.1, 0.15) is 6.04 Å². The first-order valence-corrected chi connectivity index (χ1v) is 9.51. The third-order valence-corrected chi connectivity index (χ3v) is 5.48. The molecule has 1 aliphatic heterocycles. The van der Waals surface area contributed by atoms with Gasteiger partial charge in [-0.25, -0.2) is 4.79 Å². The molecule has 0 aromatic heterocycles. The molecule has 1 aromatic carbocycles. The van der Waals surface area contributed by atoms with Gasteiger partial charge in [0.2, 0.25) is 0 Å². The lowest BCUT2D eigenvalue weighted by Crippen LogP contribution is -2.37. The van der Waals surface area contributed by atoms with Crippen LogP contribution in [-0.2, 0) is 19.1 Å². The second kappa shape index (κ2) is 9.64. The number of ketones is 1. The van der Waals surface area contributed by atoms with Crippen molar-refractivity contribution in [2.24, 2.45) is 5.92 Å². The summed E-state index contributed by atoms with van der Waals surface area (Å²) in [6.07, 6.45) is 1.51. The Labute approximate surface area is 157 Å². The highest BCUT2D eigenvalue weighted by Gasteiger charge is 2.33. The minimum atomic E-state index is -0.762. The summed E-state index contributed by atoms with van der Waals surface area (Å²) in [4.78, 5) is 48.3. The molecule has 0 amide bonds.